The van der Waals surface area contributed by atoms with E-state index >= 15 is 0 Å². The van der Waals surface area contributed by atoms with Gasteiger partial charge in [-0.05, 0) is 12.8 Å². The Balaban J connectivity index is 0. The first-order valence-corrected chi connectivity index (χ1v) is 9.97. The van der Waals surface area contributed by atoms with Gasteiger partial charge in [-0.1, -0.05) is 71.1 Å². The van der Waals surface area contributed by atoms with Crippen molar-refractivity contribution in [1.82, 2.24) is 0 Å². The molecule has 0 saturated heterocycles. The van der Waals surface area contributed by atoms with Gasteiger partial charge < -0.3 is 12.9 Å². The van der Waals surface area contributed by atoms with Gasteiger partial charge in [-0.2, -0.15) is 0 Å². The summed E-state index contributed by atoms with van der Waals surface area (Å²) in [4.78, 5) is 0. The summed E-state index contributed by atoms with van der Waals surface area (Å²) in [5.74, 6) is 0. The molecule has 0 fully saturated rings. The largest absolute Gasteiger partial charge is 0.585 e. The zero-order chi connectivity index (χ0) is 16.4. The van der Waals surface area contributed by atoms with E-state index in [1.54, 1.807) is 0 Å². The lowest BCUT2D eigenvalue weighted by molar-refractivity contribution is -1.41. The van der Waals surface area contributed by atoms with Crippen molar-refractivity contribution >= 4 is 0 Å². The molecule has 0 heterocycles. The van der Waals surface area contributed by atoms with Crippen LogP contribution in [-0.2, 0) is 0 Å². The van der Waals surface area contributed by atoms with Gasteiger partial charge in [-0.15, -0.1) is 0 Å². The van der Waals surface area contributed by atoms with Crippen molar-refractivity contribution in [2.45, 2.75) is 84.0 Å². The van der Waals surface area contributed by atoms with Gasteiger partial charge >= 0.3 is 0 Å². The third-order valence-corrected chi connectivity index (χ3v) is 3.68. The summed E-state index contributed by atoms with van der Waals surface area (Å²) in [5, 5.41) is 0. The molecule has 0 aromatic rings. The molecule has 0 aromatic heterocycles. The van der Waals surface area contributed by atoms with E-state index < -0.39 is 15.5 Å². The molecule has 4 heteroatoms. The van der Waals surface area contributed by atoms with Gasteiger partial charge in [-0.25, -0.2) is 0 Å². The maximum Gasteiger partial charge on any atom is 0.170 e. The summed E-state index contributed by atoms with van der Waals surface area (Å²) in [6.45, 7) is 3.62. The summed E-state index contributed by atoms with van der Waals surface area (Å²) < 4.78 is 17.9. The monoisotopic (exact) mass is 367 g/mol. The molecule has 0 saturated carbocycles. The van der Waals surface area contributed by atoms with Crippen LogP contribution in [0.3, 0.4) is 0 Å². The van der Waals surface area contributed by atoms with Crippen LogP contribution < -0.4 is 8.40 Å². The summed E-state index contributed by atoms with van der Waals surface area (Å²) in [6.07, 6.45) is 17.4. The molecule has 0 rings (SSSR count). The SMILES string of the molecule is CCCCCCCCCCCCCC[N+](C)(C)C.[O-][Br+][O-]. The Morgan fingerprint density at radius 1 is 0.619 bits per heavy atom. The van der Waals surface area contributed by atoms with E-state index in [9.17, 15) is 0 Å². The number of quaternary nitrogens is 1. The summed E-state index contributed by atoms with van der Waals surface area (Å²) in [6, 6.07) is 0. The number of unbranched alkanes of at least 4 members (excludes halogenated alkanes) is 11. The van der Waals surface area contributed by atoms with Crippen LogP contribution in [0.25, 0.3) is 0 Å². The van der Waals surface area contributed by atoms with Crippen LogP contribution in [0.5, 0.6) is 0 Å². The van der Waals surface area contributed by atoms with Crippen LogP contribution in [-0.4, -0.2) is 32.2 Å². The zero-order valence-corrected chi connectivity index (χ0v) is 16.4. The predicted molar refractivity (Wildman–Crippen MR) is 84.0 cm³/mol. The Morgan fingerprint density at radius 3 is 1.19 bits per heavy atom. The zero-order valence-electron chi connectivity index (χ0n) is 14.8. The molecule has 0 amide bonds. The second kappa shape index (κ2) is 18.4. The number of rotatable bonds is 13. The van der Waals surface area contributed by atoms with Gasteiger partial charge in [0.25, 0.3) is 0 Å². The Hall–Kier alpha value is 0.360. The van der Waals surface area contributed by atoms with E-state index in [1.165, 1.54) is 83.6 Å². The van der Waals surface area contributed by atoms with Crippen molar-refractivity contribution in [3.05, 3.63) is 0 Å². The van der Waals surface area contributed by atoms with Crippen LogP contribution in [0.4, 0.5) is 0 Å². The van der Waals surface area contributed by atoms with Crippen molar-refractivity contribution in [3.63, 3.8) is 0 Å². The van der Waals surface area contributed by atoms with E-state index in [2.05, 4.69) is 28.1 Å². The van der Waals surface area contributed by atoms with Crippen molar-refractivity contribution in [1.29, 1.82) is 0 Å². The molecule has 0 aliphatic rings. The first-order valence-electron chi connectivity index (χ1n) is 8.67. The van der Waals surface area contributed by atoms with Crippen LogP contribution >= 0.6 is 0 Å². The molecule has 0 radical (unpaired) electrons. The third-order valence-electron chi connectivity index (χ3n) is 3.68. The number of halogens is 1. The standard InChI is InChI=1S/C17H38N.BrO2/c1-5-6-7-8-9-10-11-12-13-14-15-16-17-18(2,3)4;2-1-3/h5-17H2,1-4H3;/q+1;-1. The molecule has 3 nitrogen and oxygen atoms in total. The Kier molecular flexibility index (Phi) is 20.7. The lowest BCUT2D eigenvalue weighted by atomic mass is 10.1. The summed E-state index contributed by atoms with van der Waals surface area (Å²) in [7, 11) is 6.87. The quantitative estimate of drug-likeness (QED) is 0.371. The van der Waals surface area contributed by atoms with E-state index in [1.807, 2.05) is 0 Å². The van der Waals surface area contributed by atoms with E-state index in [0.29, 0.717) is 0 Å². The molecule has 0 aliphatic heterocycles. The Bertz CT molecular complexity index is 184. The van der Waals surface area contributed by atoms with Crippen molar-refractivity contribution in [3.8, 4) is 0 Å². The predicted octanol–water partition coefficient (Wildman–Crippen LogP) is 3.02. The van der Waals surface area contributed by atoms with E-state index in [0.717, 1.165) is 4.48 Å². The fourth-order valence-electron chi connectivity index (χ4n) is 2.43. The molecule has 130 valence electrons. The van der Waals surface area contributed by atoms with Crippen molar-refractivity contribution in [2.24, 2.45) is 0 Å². The van der Waals surface area contributed by atoms with Gasteiger partial charge in [0.05, 0.1) is 27.7 Å². The highest BCUT2D eigenvalue weighted by Gasteiger charge is 2.04. The topological polar surface area (TPSA) is 46.1 Å². The fourth-order valence-corrected chi connectivity index (χ4v) is 2.43. The molecule has 0 aromatic carbocycles. The molecule has 0 atom stereocenters. The highest BCUT2D eigenvalue weighted by Crippen LogP contribution is 2.12. The molecular weight excluding hydrogens is 330 g/mol. The smallest absolute Gasteiger partial charge is 0.170 e. The molecular formula is C17H38BrNO2. The highest BCUT2D eigenvalue weighted by molar-refractivity contribution is 4.48. The first-order chi connectivity index (χ1) is 9.97. The fraction of sp³-hybridized carbons (Fsp3) is 1.00. The van der Waals surface area contributed by atoms with Gasteiger partial charge in [0, 0.05) is 0 Å². The number of hydrogen-bond donors (Lipinski definition) is 0. The van der Waals surface area contributed by atoms with E-state index in [-0.39, 0.29) is 0 Å². The Labute approximate surface area is 140 Å². The molecule has 0 aliphatic carbocycles. The van der Waals surface area contributed by atoms with Crippen molar-refractivity contribution < 1.29 is 28.4 Å². The number of hydrogen-bond acceptors (Lipinski definition) is 2. The molecule has 21 heavy (non-hydrogen) atoms. The number of nitrogens with zero attached hydrogens (tertiary/aromatic N) is 1. The molecule has 0 bridgehead atoms. The maximum atomic E-state index is 8.41. The minimum Gasteiger partial charge on any atom is -0.585 e. The van der Waals surface area contributed by atoms with Crippen LogP contribution in [0.15, 0.2) is 0 Å². The van der Waals surface area contributed by atoms with Gasteiger partial charge in [-0.3, -0.25) is 0 Å². The minimum atomic E-state index is -1.44. The highest BCUT2D eigenvalue weighted by atomic mass is 79.9. The third kappa shape index (κ3) is 29.1. The average Bonchev–Trinajstić information content (AvgIpc) is 2.40. The summed E-state index contributed by atoms with van der Waals surface area (Å²) >= 11 is -1.44. The van der Waals surface area contributed by atoms with Crippen LogP contribution in [0, 0.1) is 15.5 Å². The Morgan fingerprint density at radius 2 is 0.905 bits per heavy atom. The molecule has 0 spiro atoms. The average molecular weight is 368 g/mol. The second-order valence-electron chi connectivity index (χ2n) is 6.97. The van der Waals surface area contributed by atoms with Gasteiger partial charge in [0.2, 0.25) is 0 Å². The second-order valence-corrected chi connectivity index (χ2v) is 7.23. The van der Waals surface area contributed by atoms with E-state index in [4.69, 9.17) is 8.40 Å². The van der Waals surface area contributed by atoms with Gasteiger partial charge in [0.15, 0.2) is 15.5 Å². The first kappa shape index (κ1) is 23.6. The lowest BCUT2D eigenvalue weighted by Crippen LogP contribution is -2.35. The molecule has 0 N–H and O–H groups in total. The lowest BCUT2D eigenvalue weighted by Gasteiger charge is -2.23. The van der Waals surface area contributed by atoms with Crippen LogP contribution in [0.1, 0.15) is 84.0 Å². The van der Waals surface area contributed by atoms with Crippen LogP contribution in [0.2, 0.25) is 0 Å². The van der Waals surface area contributed by atoms with Gasteiger partial charge in [0.1, 0.15) is 0 Å². The minimum absolute atomic E-state index is 1.12. The molecule has 0 unspecified atom stereocenters. The summed E-state index contributed by atoms with van der Waals surface area (Å²) in [5.41, 5.74) is 0. The normalized spacial score (nSPS) is 11.1. The van der Waals surface area contributed by atoms with Crippen molar-refractivity contribution in [2.75, 3.05) is 27.7 Å². The maximum absolute atomic E-state index is 8.41.